The van der Waals surface area contributed by atoms with Crippen molar-refractivity contribution in [1.29, 1.82) is 0 Å². The molecule has 27 heavy (non-hydrogen) atoms. The first-order valence-corrected chi connectivity index (χ1v) is 8.94. The lowest BCUT2D eigenvalue weighted by atomic mass is 10.1. The van der Waals surface area contributed by atoms with Crippen molar-refractivity contribution in [3.63, 3.8) is 0 Å². The Hall–Kier alpha value is -2.70. The van der Waals surface area contributed by atoms with Gasteiger partial charge in [0.15, 0.2) is 6.61 Å². The number of aliphatic carboxylic acids is 1. The summed E-state index contributed by atoms with van der Waals surface area (Å²) in [5.41, 5.74) is -5.23. The molecule has 0 saturated carbocycles. The Kier molecular flexibility index (Phi) is 6.03. The molecule has 0 spiro atoms. The second kappa shape index (κ2) is 7.90. The zero-order valence-corrected chi connectivity index (χ0v) is 14.8. The quantitative estimate of drug-likeness (QED) is 0.769. The van der Waals surface area contributed by atoms with E-state index >= 15 is 0 Å². The predicted octanol–water partition coefficient (Wildman–Crippen LogP) is 3.50. The van der Waals surface area contributed by atoms with E-state index < -0.39 is 32.8 Å². The van der Waals surface area contributed by atoms with E-state index in [4.69, 9.17) is 21.4 Å². The third-order valence-electron chi connectivity index (χ3n) is 3.08. The Morgan fingerprint density at radius 3 is 2.48 bits per heavy atom. The number of alkyl halides is 3. The highest BCUT2D eigenvalue weighted by Crippen LogP contribution is 2.30. The minimum absolute atomic E-state index is 0.00415. The molecule has 10 heteroatoms. The maximum atomic E-state index is 12.6. The predicted molar refractivity (Wildman–Crippen MR) is 90.2 cm³/mol. The van der Waals surface area contributed by atoms with E-state index in [0.717, 1.165) is 18.2 Å². The van der Waals surface area contributed by atoms with Crippen LogP contribution in [0.3, 0.4) is 0 Å². The lowest BCUT2D eigenvalue weighted by molar-refractivity contribution is -0.139. The number of hydrogen-bond donors (Lipinski definition) is 1. The average molecular weight is 419 g/mol. The van der Waals surface area contributed by atoms with Crippen LogP contribution in [0.1, 0.15) is 11.1 Å². The summed E-state index contributed by atoms with van der Waals surface area (Å²) in [6.45, 7) is -0.629. The monoisotopic (exact) mass is 418 g/mol. The van der Waals surface area contributed by atoms with E-state index in [1.54, 1.807) is 0 Å². The first-order chi connectivity index (χ1) is 12.5. The zero-order valence-electron chi connectivity index (χ0n) is 13.2. The van der Waals surface area contributed by atoms with Crippen LogP contribution in [0.25, 0.3) is 0 Å². The van der Waals surface area contributed by atoms with E-state index in [-0.39, 0.29) is 21.9 Å². The molecule has 0 atom stereocenters. The third-order valence-corrected chi connectivity index (χ3v) is 4.80. The van der Waals surface area contributed by atoms with Crippen LogP contribution in [0, 0.1) is 11.8 Å². The summed E-state index contributed by atoms with van der Waals surface area (Å²) in [5, 5.41) is 8.94. The van der Waals surface area contributed by atoms with Gasteiger partial charge in [0, 0.05) is 10.6 Å². The second-order valence-electron chi connectivity index (χ2n) is 5.05. The number of sulfone groups is 1. The molecule has 0 fully saturated rings. The van der Waals surface area contributed by atoms with Crippen LogP contribution in [-0.2, 0) is 14.6 Å². The van der Waals surface area contributed by atoms with E-state index in [9.17, 15) is 26.4 Å². The highest BCUT2D eigenvalue weighted by atomic mass is 35.5. The molecule has 0 aliphatic heterocycles. The fourth-order valence-electron chi connectivity index (χ4n) is 1.88. The van der Waals surface area contributed by atoms with E-state index in [1.807, 2.05) is 0 Å². The number of ether oxygens (including phenoxy) is 1. The fourth-order valence-corrected chi connectivity index (χ4v) is 2.86. The molecule has 0 amide bonds. The molecule has 0 aromatic heterocycles. The second-order valence-corrected chi connectivity index (χ2v) is 7.43. The van der Waals surface area contributed by atoms with Crippen molar-refractivity contribution in [3.8, 4) is 17.6 Å². The van der Waals surface area contributed by atoms with Gasteiger partial charge in [0.2, 0.25) is 0 Å². The van der Waals surface area contributed by atoms with E-state index in [0.29, 0.717) is 0 Å². The number of carboxylic acid groups (broad SMARTS) is 1. The molecule has 5 nitrogen and oxygen atoms in total. The van der Waals surface area contributed by atoms with Crippen molar-refractivity contribution < 1.29 is 36.2 Å². The highest BCUT2D eigenvalue weighted by molar-refractivity contribution is 7.92. The van der Waals surface area contributed by atoms with Gasteiger partial charge in [-0.1, -0.05) is 29.5 Å². The lowest BCUT2D eigenvalue weighted by Crippen LogP contribution is -2.23. The van der Waals surface area contributed by atoms with Gasteiger partial charge in [0.1, 0.15) is 5.75 Å². The van der Waals surface area contributed by atoms with Crippen molar-refractivity contribution in [2.45, 2.75) is 10.4 Å². The van der Waals surface area contributed by atoms with Crippen LogP contribution in [0.2, 0.25) is 5.02 Å². The molecule has 0 radical (unpaired) electrons. The summed E-state index contributed by atoms with van der Waals surface area (Å²) in [6.07, 6.45) is 0. The van der Waals surface area contributed by atoms with Crippen LogP contribution in [-0.4, -0.2) is 31.6 Å². The summed E-state index contributed by atoms with van der Waals surface area (Å²) >= 11 is 5.85. The summed E-state index contributed by atoms with van der Waals surface area (Å²) < 4.78 is 65.9. The normalized spacial score (nSPS) is 11.4. The first kappa shape index (κ1) is 20.6. The van der Waals surface area contributed by atoms with Gasteiger partial charge in [0.05, 0.1) is 10.5 Å². The van der Waals surface area contributed by atoms with Gasteiger partial charge in [0.25, 0.3) is 9.84 Å². The van der Waals surface area contributed by atoms with Gasteiger partial charge in [-0.15, -0.1) is 0 Å². The van der Waals surface area contributed by atoms with Gasteiger partial charge < -0.3 is 9.84 Å². The number of halogens is 4. The average Bonchev–Trinajstić information content (AvgIpc) is 2.58. The minimum atomic E-state index is -5.49. The van der Waals surface area contributed by atoms with E-state index in [2.05, 4.69) is 11.8 Å². The molecule has 0 bridgehead atoms. The number of benzene rings is 2. The number of rotatable bonds is 4. The first-order valence-electron chi connectivity index (χ1n) is 7.08. The van der Waals surface area contributed by atoms with Crippen LogP contribution < -0.4 is 4.74 Å². The number of carbonyl (C=O) groups is 1. The summed E-state index contributed by atoms with van der Waals surface area (Å²) in [5.74, 6) is 3.99. The van der Waals surface area contributed by atoms with Gasteiger partial charge in [-0.25, -0.2) is 13.2 Å². The van der Waals surface area contributed by atoms with Crippen molar-refractivity contribution in [1.82, 2.24) is 0 Å². The van der Waals surface area contributed by atoms with Crippen molar-refractivity contribution in [2.24, 2.45) is 0 Å². The minimum Gasteiger partial charge on any atom is -0.481 e. The molecule has 142 valence electrons. The van der Waals surface area contributed by atoms with Crippen LogP contribution >= 0.6 is 11.6 Å². The Morgan fingerprint density at radius 1 is 1.15 bits per heavy atom. The van der Waals surface area contributed by atoms with Gasteiger partial charge in [-0.2, -0.15) is 13.2 Å². The van der Waals surface area contributed by atoms with Crippen LogP contribution in [0.15, 0.2) is 47.4 Å². The summed E-state index contributed by atoms with van der Waals surface area (Å²) in [4.78, 5) is 9.67. The smallest absolute Gasteiger partial charge is 0.481 e. The summed E-state index contributed by atoms with van der Waals surface area (Å²) in [7, 11) is -5.49. The molecule has 0 aliphatic rings. The molecule has 2 aromatic rings. The van der Waals surface area contributed by atoms with E-state index in [1.165, 1.54) is 24.3 Å². The maximum absolute atomic E-state index is 12.6. The zero-order chi connectivity index (χ0) is 20.2. The van der Waals surface area contributed by atoms with Crippen LogP contribution in [0.5, 0.6) is 5.75 Å². The van der Waals surface area contributed by atoms with Gasteiger partial charge >= 0.3 is 11.5 Å². The molecular formula is C17H10ClF3O5S. The number of hydrogen-bond acceptors (Lipinski definition) is 4. The largest absolute Gasteiger partial charge is 0.501 e. The topological polar surface area (TPSA) is 80.7 Å². The molecular weight excluding hydrogens is 409 g/mol. The van der Waals surface area contributed by atoms with Crippen molar-refractivity contribution in [3.05, 3.63) is 58.6 Å². The highest BCUT2D eigenvalue weighted by Gasteiger charge is 2.46. The SMILES string of the molecule is O=C(O)COc1ccc(Cl)cc1C#Cc1cccc(S(=O)(=O)C(F)(F)F)c1. The van der Waals surface area contributed by atoms with Crippen LogP contribution in [0.4, 0.5) is 13.2 Å². The molecule has 0 unspecified atom stereocenters. The molecule has 2 rings (SSSR count). The fraction of sp³-hybridized carbons (Fsp3) is 0.118. The Balaban J connectivity index is 2.40. The van der Waals surface area contributed by atoms with Gasteiger partial charge in [-0.3, -0.25) is 0 Å². The van der Waals surface area contributed by atoms with Crippen molar-refractivity contribution in [2.75, 3.05) is 6.61 Å². The molecule has 2 aromatic carbocycles. The third kappa shape index (κ3) is 5.15. The molecule has 1 N–H and O–H groups in total. The Labute approximate surface area is 157 Å². The lowest BCUT2D eigenvalue weighted by Gasteiger charge is -2.08. The molecule has 0 saturated heterocycles. The molecule has 0 heterocycles. The van der Waals surface area contributed by atoms with Gasteiger partial charge in [-0.05, 0) is 36.4 Å². The van der Waals surface area contributed by atoms with Crippen molar-refractivity contribution >= 4 is 27.4 Å². The molecule has 0 aliphatic carbocycles. The standard InChI is InChI=1S/C17H10ClF3O5S/c18-13-6-7-15(26-10-16(22)23)12(9-13)5-4-11-2-1-3-14(8-11)27(24,25)17(19,20)21/h1-3,6-9H,10H2,(H,22,23). The Morgan fingerprint density at radius 2 is 1.85 bits per heavy atom. The number of carboxylic acids is 1. The summed E-state index contributed by atoms with van der Waals surface area (Å²) in [6, 6.07) is 8.27. The Bertz CT molecular complexity index is 1040. The maximum Gasteiger partial charge on any atom is 0.501 e.